The number of anilines is 1. The van der Waals surface area contributed by atoms with Crippen molar-refractivity contribution < 1.29 is 27.9 Å². The molecule has 3 rings (SSSR count). The van der Waals surface area contributed by atoms with Crippen LogP contribution in [0.3, 0.4) is 0 Å². The van der Waals surface area contributed by atoms with Crippen molar-refractivity contribution in [1.29, 1.82) is 0 Å². The molecule has 0 saturated heterocycles. The molecule has 7 nitrogen and oxygen atoms in total. The van der Waals surface area contributed by atoms with E-state index in [4.69, 9.17) is 5.11 Å². The molecule has 0 spiro atoms. The van der Waals surface area contributed by atoms with Gasteiger partial charge in [0.25, 0.3) is 0 Å². The third-order valence-electron chi connectivity index (χ3n) is 5.38. The monoisotopic (exact) mass is 450 g/mol. The van der Waals surface area contributed by atoms with Gasteiger partial charge in [-0.05, 0) is 49.3 Å². The van der Waals surface area contributed by atoms with Crippen LogP contribution in [-0.4, -0.2) is 38.4 Å². The van der Waals surface area contributed by atoms with E-state index in [9.17, 15) is 22.8 Å². The van der Waals surface area contributed by atoms with Gasteiger partial charge in [0.05, 0.1) is 6.42 Å². The minimum atomic E-state index is -4.68. The fraction of sp³-hybridized carbons (Fsp3) is 0.500. The highest BCUT2D eigenvalue weighted by Crippen LogP contribution is 2.28. The predicted octanol–water partition coefficient (Wildman–Crippen LogP) is 4.18. The van der Waals surface area contributed by atoms with Crippen molar-refractivity contribution in [3.8, 4) is 0 Å². The van der Waals surface area contributed by atoms with E-state index in [1.54, 1.807) is 0 Å². The minimum Gasteiger partial charge on any atom is -0.481 e. The van der Waals surface area contributed by atoms with E-state index in [0.29, 0.717) is 6.42 Å². The number of unbranched alkanes of at least 4 members (excludes halogenated alkanes) is 1. The van der Waals surface area contributed by atoms with Gasteiger partial charge in [-0.3, -0.25) is 9.59 Å². The van der Waals surface area contributed by atoms with Crippen molar-refractivity contribution >= 4 is 17.6 Å². The molecule has 2 aromatic heterocycles. The van der Waals surface area contributed by atoms with Gasteiger partial charge in [-0.15, -0.1) is 0 Å². The molecule has 2 aromatic rings. The Morgan fingerprint density at radius 1 is 1.12 bits per heavy atom. The molecular weight excluding hydrogens is 425 g/mol. The first-order valence-corrected chi connectivity index (χ1v) is 10.6. The van der Waals surface area contributed by atoms with E-state index in [0.717, 1.165) is 56.1 Å². The Hall–Kier alpha value is -3.04. The number of carbonyl (C=O) groups excluding carboxylic acids is 1. The largest absolute Gasteiger partial charge is 0.481 e. The number of aryl methyl sites for hydroxylation is 2. The predicted molar refractivity (Wildman–Crippen MR) is 110 cm³/mol. The first-order chi connectivity index (χ1) is 15.2. The molecule has 0 radical (unpaired) electrons. The minimum absolute atomic E-state index is 0.0813. The summed E-state index contributed by atoms with van der Waals surface area (Å²) in [7, 11) is 0. The van der Waals surface area contributed by atoms with Crippen molar-refractivity contribution in [2.75, 3.05) is 11.9 Å². The van der Waals surface area contributed by atoms with Crippen LogP contribution in [0, 0.1) is 0 Å². The Labute approximate surface area is 183 Å². The molecule has 1 aliphatic heterocycles. The summed E-state index contributed by atoms with van der Waals surface area (Å²) in [6.45, 7) is 0.916. The molecule has 0 bridgehead atoms. The molecule has 32 heavy (non-hydrogen) atoms. The summed E-state index contributed by atoms with van der Waals surface area (Å²) >= 11 is 0. The Morgan fingerprint density at radius 2 is 1.88 bits per heavy atom. The summed E-state index contributed by atoms with van der Waals surface area (Å²) in [6, 6.07) is 4.08. The first kappa shape index (κ1) is 23.6. The summed E-state index contributed by atoms with van der Waals surface area (Å²) < 4.78 is 37.9. The fourth-order valence-corrected chi connectivity index (χ4v) is 3.73. The average Bonchev–Trinajstić information content (AvgIpc) is 2.75. The lowest BCUT2D eigenvalue weighted by molar-refractivity contribution is -0.145. The Balaban J connectivity index is 1.50. The number of ketones is 1. The second kappa shape index (κ2) is 10.5. The second-order valence-corrected chi connectivity index (χ2v) is 7.92. The van der Waals surface area contributed by atoms with Crippen LogP contribution in [0.1, 0.15) is 67.1 Å². The molecule has 2 N–H and O–H groups in total. The molecule has 3 heterocycles. The molecule has 0 unspecified atom stereocenters. The highest BCUT2D eigenvalue weighted by Gasteiger charge is 2.34. The summed E-state index contributed by atoms with van der Waals surface area (Å²) in [4.78, 5) is 34.7. The van der Waals surface area contributed by atoms with Crippen molar-refractivity contribution in [1.82, 2.24) is 15.0 Å². The van der Waals surface area contributed by atoms with E-state index >= 15 is 0 Å². The van der Waals surface area contributed by atoms with Gasteiger partial charge in [0.15, 0.2) is 0 Å². The summed E-state index contributed by atoms with van der Waals surface area (Å²) in [5, 5.41) is 12.4. The number of nitrogens with one attached hydrogen (secondary N) is 1. The topological polar surface area (TPSA) is 105 Å². The quantitative estimate of drug-likeness (QED) is 0.523. The Kier molecular flexibility index (Phi) is 7.76. The van der Waals surface area contributed by atoms with E-state index in [1.807, 2.05) is 6.07 Å². The van der Waals surface area contributed by atoms with E-state index in [1.165, 1.54) is 5.56 Å². The third kappa shape index (κ3) is 6.73. The first-order valence-electron chi connectivity index (χ1n) is 10.6. The number of carboxylic acids is 1. The van der Waals surface area contributed by atoms with Crippen LogP contribution < -0.4 is 5.32 Å². The lowest BCUT2D eigenvalue weighted by atomic mass is 9.91. The normalized spacial score (nSPS) is 14.3. The van der Waals surface area contributed by atoms with E-state index < -0.39 is 23.9 Å². The van der Waals surface area contributed by atoms with Crippen LogP contribution in [0.25, 0.3) is 0 Å². The molecule has 0 fully saturated rings. The number of aliphatic carboxylic acids is 1. The maximum atomic E-state index is 12.6. The number of halogens is 3. The van der Waals surface area contributed by atoms with Crippen LogP contribution in [0.5, 0.6) is 0 Å². The van der Waals surface area contributed by atoms with E-state index in [2.05, 4.69) is 26.3 Å². The summed E-state index contributed by atoms with van der Waals surface area (Å²) in [5.74, 6) is -2.42. The number of fused-ring (bicyclic) bond motifs is 1. The fourth-order valence-electron chi connectivity index (χ4n) is 3.73. The number of alkyl halides is 3. The van der Waals surface area contributed by atoms with Crippen LogP contribution in [0.4, 0.5) is 19.0 Å². The maximum absolute atomic E-state index is 12.6. The van der Waals surface area contributed by atoms with Gasteiger partial charge in [-0.1, -0.05) is 6.07 Å². The second-order valence-electron chi connectivity index (χ2n) is 7.92. The number of nitrogens with zero attached hydrogens (tertiary/aromatic N) is 3. The zero-order chi connectivity index (χ0) is 23.1. The van der Waals surface area contributed by atoms with Gasteiger partial charge >= 0.3 is 12.1 Å². The van der Waals surface area contributed by atoms with Gasteiger partial charge in [0, 0.05) is 43.4 Å². The van der Waals surface area contributed by atoms with Crippen LogP contribution in [0.2, 0.25) is 0 Å². The Morgan fingerprint density at radius 3 is 2.56 bits per heavy atom. The molecular formula is C22H25F3N4O3. The van der Waals surface area contributed by atoms with Crippen molar-refractivity contribution in [3.05, 3.63) is 47.2 Å². The molecule has 0 amide bonds. The van der Waals surface area contributed by atoms with Crippen molar-refractivity contribution in [2.45, 2.75) is 63.5 Å². The van der Waals surface area contributed by atoms with Gasteiger partial charge in [-0.25, -0.2) is 15.0 Å². The highest BCUT2D eigenvalue weighted by atomic mass is 19.4. The lowest BCUT2D eigenvalue weighted by Gasteiger charge is -2.17. The van der Waals surface area contributed by atoms with Crippen LogP contribution >= 0.6 is 0 Å². The van der Waals surface area contributed by atoms with Crippen LogP contribution in [-0.2, 0) is 28.6 Å². The van der Waals surface area contributed by atoms with Gasteiger partial charge in [0.2, 0.25) is 5.82 Å². The number of Topliss-reactive ketones (excluding diaryl/α,β-unsaturated/α-hetero) is 1. The summed E-state index contributed by atoms with van der Waals surface area (Å²) in [5.41, 5.74) is 2.38. The standard InChI is InChI=1S/C22H25F3N4O3/c23-22(24,25)21-27-12-16(13-28-21)15(11-19(31)32)10-18(30)6-2-1-5-17-8-7-14-4-3-9-26-20(14)29-17/h7-8,12-13,15H,1-6,9-11H2,(H,26,29)(H,31,32)/t15-/m0/s1. The number of pyridine rings is 1. The summed E-state index contributed by atoms with van der Waals surface area (Å²) in [6.07, 6.45) is 1.24. The molecule has 10 heteroatoms. The number of hydrogen-bond donors (Lipinski definition) is 2. The van der Waals surface area contributed by atoms with Crippen molar-refractivity contribution in [2.24, 2.45) is 0 Å². The van der Waals surface area contributed by atoms with Crippen molar-refractivity contribution in [3.63, 3.8) is 0 Å². The number of carbonyl (C=O) groups is 2. The number of carboxylic acid groups (broad SMARTS) is 1. The van der Waals surface area contributed by atoms with Gasteiger partial charge in [0.1, 0.15) is 11.6 Å². The Bertz CT molecular complexity index is 948. The van der Waals surface area contributed by atoms with Gasteiger partial charge < -0.3 is 10.4 Å². The van der Waals surface area contributed by atoms with E-state index in [-0.39, 0.29) is 30.6 Å². The lowest BCUT2D eigenvalue weighted by Crippen LogP contribution is -2.15. The molecule has 1 atom stereocenters. The van der Waals surface area contributed by atoms with Crippen LogP contribution in [0.15, 0.2) is 24.5 Å². The maximum Gasteiger partial charge on any atom is 0.451 e. The average molecular weight is 450 g/mol. The van der Waals surface area contributed by atoms with Gasteiger partial charge in [-0.2, -0.15) is 13.2 Å². The SMILES string of the molecule is O=C(O)C[C@H](CC(=O)CCCCc1ccc2c(n1)NCCC2)c1cnc(C(F)(F)F)nc1. The zero-order valence-corrected chi connectivity index (χ0v) is 17.5. The molecule has 0 aromatic carbocycles. The number of aromatic nitrogens is 3. The molecule has 1 aliphatic rings. The molecule has 172 valence electrons. The zero-order valence-electron chi connectivity index (χ0n) is 17.5. The third-order valence-corrected chi connectivity index (χ3v) is 5.38. The molecule has 0 aliphatic carbocycles. The molecule has 0 saturated carbocycles. The smallest absolute Gasteiger partial charge is 0.451 e. The number of rotatable bonds is 10. The number of hydrogen-bond acceptors (Lipinski definition) is 6. The highest BCUT2D eigenvalue weighted by molar-refractivity contribution is 5.80.